The van der Waals surface area contributed by atoms with E-state index in [1.165, 1.54) is 0 Å². The summed E-state index contributed by atoms with van der Waals surface area (Å²) < 4.78 is 1.78. The van der Waals surface area contributed by atoms with Crippen molar-refractivity contribution in [2.24, 2.45) is 13.0 Å². The molecule has 1 unspecified atom stereocenters. The minimum Gasteiger partial charge on any atom is -0.353 e. The quantitative estimate of drug-likeness (QED) is 0.767. The molecule has 1 aliphatic heterocycles. The molecular weight excluding hydrogens is 230 g/mol. The van der Waals surface area contributed by atoms with E-state index >= 15 is 0 Å². The van der Waals surface area contributed by atoms with Gasteiger partial charge in [0.2, 0.25) is 5.91 Å². The molecular formula is C12H21N5O. The summed E-state index contributed by atoms with van der Waals surface area (Å²) in [6.07, 6.45) is 1.46. The number of piperazine rings is 1. The molecule has 1 saturated heterocycles. The van der Waals surface area contributed by atoms with Gasteiger partial charge in [-0.25, -0.2) is 4.98 Å². The van der Waals surface area contributed by atoms with Crippen molar-refractivity contribution >= 4 is 5.91 Å². The summed E-state index contributed by atoms with van der Waals surface area (Å²) in [5.74, 6) is 2.31. The summed E-state index contributed by atoms with van der Waals surface area (Å²) >= 11 is 0. The van der Waals surface area contributed by atoms with Crippen LogP contribution in [0.2, 0.25) is 0 Å². The Morgan fingerprint density at radius 1 is 1.44 bits per heavy atom. The number of carbonyl (C=O) groups is 1. The lowest BCUT2D eigenvalue weighted by molar-refractivity contribution is -0.124. The summed E-state index contributed by atoms with van der Waals surface area (Å²) in [6, 6.07) is -0.187. The van der Waals surface area contributed by atoms with Crippen LogP contribution in [0.4, 0.5) is 0 Å². The fourth-order valence-corrected chi connectivity index (χ4v) is 2.10. The number of aromatic nitrogens is 3. The van der Waals surface area contributed by atoms with Crippen LogP contribution in [0.1, 0.15) is 25.5 Å². The Labute approximate surface area is 107 Å². The Balaban J connectivity index is 2.04. The van der Waals surface area contributed by atoms with Crippen molar-refractivity contribution in [3.05, 3.63) is 11.6 Å². The molecule has 6 heteroatoms. The highest BCUT2D eigenvalue weighted by atomic mass is 16.2. The molecule has 1 aromatic heterocycles. The minimum atomic E-state index is -0.187. The monoisotopic (exact) mass is 251 g/mol. The molecule has 2 N–H and O–H groups in total. The summed E-state index contributed by atoms with van der Waals surface area (Å²) in [5, 5.41) is 10.4. The van der Waals surface area contributed by atoms with Crippen molar-refractivity contribution in [3.8, 4) is 0 Å². The number of aryl methyl sites for hydroxylation is 1. The third kappa shape index (κ3) is 3.07. The third-order valence-electron chi connectivity index (χ3n) is 3.01. The second-order valence-electron chi connectivity index (χ2n) is 5.17. The van der Waals surface area contributed by atoms with Gasteiger partial charge >= 0.3 is 0 Å². The number of hydrogen-bond donors (Lipinski definition) is 2. The van der Waals surface area contributed by atoms with Crippen LogP contribution in [-0.2, 0) is 24.7 Å². The van der Waals surface area contributed by atoms with E-state index in [0.29, 0.717) is 18.9 Å². The van der Waals surface area contributed by atoms with Gasteiger partial charge in [-0.15, -0.1) is 0 Å². The summed E-state index contributed by atoms with van der Waals surface area (Å²) in [4.78, 5) is 16.2. The lowest BCUT2D eigenvalue weighted by Gasteiger charge is -2.22. The Bertz CT molecular complexity index is 426. The predicted molar refractivity (Wildman–Crippen MR) is 68.0 cm³/mol. The van der Waals surface area contributed by atoms with Gasteiger partial charge in [0.1, 0.15) is 5.82 Å². The first kappa shape index (κ1) is 13.0. The first-order valence-electron chi connectivity index (χ1n) is 6.46. The highest BCUT2D eigenvalue weighted by Gasteiger charge is 2.23. The first-order valence-corrected chi connectivity index (χ1v) is 6.46. The second kappa shape index (κ2) is 5.48. The van der Waals surface area contributed by atoms with Gasteiger partial charge < -0.3 is 10.6 Å². The van der Waals surface area contributed by atoms with Crippen LogP contribution in [0.5, 0.6) is 0 Å². The zero-order valence-corrected chi connectivity index (χ0v) is 11.2. The Hall–Kier alpha value is -1.43. The van der Waals surface area contributed by atoms with Gasteiger partial charge in [-0.05, 0) is 5.92 Å². The smallest absolute Gasteiger partial charge is 0.237 e. The van der Waals surface area contributed by atoms with Crippen LogP contribution in [0.15, 0.2) is 0 Å². The van der Waals surface area contributed by atoms with Crippen molar-refractivity contribution < 1.29 is 4.79 Å². The fraction of sp³-hybridized carbons (Fsp3) is 0.750. The van der Waals surface area contributed by atoms with Gasteiger partial charge in [0.15, 0.2) is 5.82 Å². The SMILES string of the molecule is CC(C)Cc1nc(CC2NCCNC2=O)n(C)n1. The summed E-state index contributed by atoms with van der Waals surface area (Å²) in [6.45, 7) is 5.80. The molecule has 1 aromatic rings. The van der Waals surface area contributed by atoms with Gasteiger partial charge in [0, 0.05) is 33.0 Å². The predicted octanol–water partition coefficient (Wildman–Crippen LogP) is -0.356. The van der Waals surface area contributed by atoms with Crippen molar-refractivity contribution in [1.29, 1.82) is 0 Å². The van der Waals surface area contributed by atoms with E-state index in [9.17, 15) is 4.79 Å². The standard InChI is InChI=1S/C12H21N5O/c1-8(2)6-10-15-11(17(3)16-10)7-9-12(18)14-5-4-13-9/h8-9,13H,4-7H2,1-3H3,(H,14,18). The van der Waals surface area contributed by atoms with E-state index in [0.717, 1.165) is 24.6 Å². The van der Waals surface area contributed by atoms with Crippen LogP contribution < -0.4 is 10.6 Å². The lowest BCUT2D eigenvalue weighted by Crippen LogP contribution is -2.54. The minimum absolute atomic E-state index is 0.0506. The number of amides is 1. The van der Waals surface area contributed by atoms with Crippen molar-refractivity contribution in [1.82, 2.24) is 25.4 Å². The van der Waals surface area contributed by atoms with Crippen LogP contribution in [0.25, 0.3) is 0 Å². The first-order chi connectivity index (χ1) is 8.56. The average Bonchev–Trinajstić information content (AvgIpc) is 2.61. The molecule has 0 radical (unpaired) electrons. The maximum absolute atomic E-state index is 11.7. The second-order valence-corrected chi connectivity index (χ2v) is 5.17. The molecule has 1 atom stereocenters. The molecule has 100 valence electrons. The number of carbonyl (C=O) groups excluding carboxylic acids is 1. The van der Waals surface area contributed by atoms with E-state index < -0.39 is 0 Å². The van der Waals surface area contributed by atoms with Gasteiger partial charge in [-0.3, -0.25) is 9.48 Å². The molecule has 0 aromatic carbocycles. The molecule has 1 fully saturated rings. The molecule has 2 rings (SSSR count). The fourth-order valence-electron chi connectivity index (χ4n) is 2.10. The zero-order chi connectivity index (χ0) is 13.1. The number of nitrogens with one attached hydrogen (secondary N) is 2. The Morgan fingerprint density at radius 3 is 2.89 bits per heavy atom. The van der Waals surface area contributed by atoms with E-state index in [1.807, 2.05) is 7.05 Å². The van der Waals surface area contributed by atoms with E-state index in [-0.39, 0.29) is 11.9 Å². The Morgan fingerprint density at radius 2 is 2.22 bits per heavy atom. The van der Waals surface area contributed by atoms with Gasteiger partial charge in [-0.2, -0.15) is 5.10 Å². The van der Waals surface area contributed by atoms with Crippen molar-refractivity contribution in [2.45, 2.75) is 32.7 Å². The van der Waals surface area contributed by atoms with E-state index in [1.54, 1.807) is 4.68 Å². The molecule has 1 amide bonds. The molecule has 0 spiro atoms. The molecule has 2 heterocycles. The van der Waals surface area contributed by atoms with Crippen LogP contribution in [0.3, 0.4) is 0 Å². The topological polar surface area (TPSA) is 71.8 Å². The highest BCUT2D eigenvalue weighted by molar-refractivity contribution is 5.82. The largest absolute Gasteiger partial charge is 0.353 e. The molecule has 1 aliphatic rings. The van der Waals surface area contributed by atoms with E-state index in [4.69, 9.17) is 0 Å². The summed E-state index contributed by atoms with van der Waals surface area (Å²) in [5.41, 5.74) is 0. The van der Waals surface area contributed by atoms with Crippen LogP contribution in [0, 0.1) is 5.92 Å². The van der Waals surface area contributed by atoms with Crippen LogP contribution in [-0.4, -0.2) is 39.8 Å². The van der Waals surface area contributed by atoms with E-state index in [2.05, 4.69) is 34.6 Å². The molecule has 0 aliphatic carbocycles. The lowest BCUT2D eigenvalue weighted by atomic mass is 10.1. The average molecular weight is 251 g/mol. The van der Waals surface area contributed by atoms with Crippen LogP contribution >= 0.6 is 0 Å². The normalized spacial score (nSPS) is 20.2. The van der Waals surface area contributed by atoms with Crippen molar-refractivity contribution in [3.63, 3.8) is 0 Å². The number of hydrogen-bond acceptors (Lipinski definition) is 4. The van der Waals surface area contributed by atoms with Gasteiger partial charge in [0.25, 0.3) is 0 Å². The maximum atomic E-state index is 11.7. The van der Waals surface area contributed by atoms with Gasteiger partial charge in [-0.1, -0.05) is 13.8 Å². The molecule has 0 bridgehead atoms. The summed E-state index contributed by atoms with van der Waals surface area (Å²) in [7, 11) is 1.88. The highest BCUT2D eigenvalue weighted by Crippen LogP contribution is 2.07. The number of nitrogens with zero attached hydrogens (tertiary/aromatic N) is 3. The Kier molecular flexibility index (Phi) is 3.96. The van der Waals surface area contributed by atoms with Crippen molar-refractivity contribution in [2.75, 3.05) is 13.1 Å². The zero-order valence-electron chi connectivity index (χ0n) is 11.2. The molecule has 0 saturated carbocycles. The third-order valence-corrected chi connectivity index (χ3v) is 3.01. The van der Waals surface area contributed by atoms with Gasteiger partial charge in [0.05, 0.1) is 6.04 Å². The molecule has 6 nitrogen and oxygen atoms in total. The molecule has 18 heavy (non-hydrogen) atoms. The maximum Gasteiger partial charge on any atom is 0.237 e. The number of rotatable bonds is 4.